The predicted molar refractivity (Wildman–Crippen MR) is 96.6 cm³/mol. The van der Waals surface area contributed by atoms with Crippen molar-refractivity contribution in [2.75, 3.05) is 31.2 Å². The van der Waals surface area contributed by atoms with E-state index in [0.717, 1.165) is 0 Å². The quantitative estimate of drug-likeness (QED) is 0.560. The predicted octanol–water partition coefficient (Wildman–Crippen LogP) is 3.39. The van der Waals surface area contributed by atoms with E-state index in [2.05, 4.69) is 0 Å². The Kier molecular flexibility index (Phi) is 5.52. The van der Waals surface area contributed by atoms with Crippen molar-refractivity contribution < 1.29 is 19.3 Å². The molecule has 26 heavy (non-hydrogen) atoms. The fraction of sp³-hybridized carbons (Fsp3) is 0.647. The van der Waals surface area contributed by atoms with E-state index in [1.54, 1.807) is 18.7 Å². The van der Waals surface area contributed by atoms with Crippen LogP contribution in [0.3, 0.4) is 0 Å². The SMILES string of the molecule is CCN(CC1(C)OCCO1)c1c([N+](=O)[O-])cc(C(C)(C)C)cc1[N+](=O)[O-]. The molecule has 0 spiro atoms. The van der Waals surface area contributed by atoms with Crippen LogP contribution in [0.15, 0.2) is 12.1 Å². The molecule has 0 N–H and O–H groups in total. The number of anilines is 1. The minimum absolute atomic E-state index is 0.0178. The summed E-state index contributed by atoms with van der Waals surface area (Å²) in [6.45, 7) is 10.4. The lowest BCUT2D eigenvalue weighted by molar-refractivity contribution is -0.392. The normalized spacial score (nSPS) is 16.5. The minimum Gasteiger partial charge on any atom is -0.355 e. The third-order valence-corrected chi connectivity index (χ3v) is 4.40. The van der Waals surface area contributed by atoms with E-state index in [9.17, 15) is 20.2 Å². The van der Waals surface area contributed by atoms with Crippen LogP contribution in [0.5, 0.6) is 0 Å². The molecule has 144 valence electrons. The number of nitro groups is 2. The van der Waals surface area contributed by atoms with Crippen molar-refractivity contribution >= 4 is 17.1 Å². The topological polar surface area (TPSA) is 108 Å². The number of benzene rings is 1. The first-order valence-corrected chi connectivity index (χ1v) is 8.48. The molecule has 9 heteroatoms. The van der Waals surface area contributed by atoms with Gasteiger partial charge >= 0.3 is 0 Å². The zero-order valence-corrected chi connectivity index (χ0v) is 15.8. The molecule has 0 bridgehead atoms. The van der Waals surface area contributed by atoms with Gasteiger partial charge in [-0.25, -0.2) is 0 Å². The highest BCUT2D eigenvalue weighted by atomic mass is 16.7. The first-order chi connectivity index (χ1) is 12.0. The number of likely N-dealkylation sites (N-methyl/N-ethyl adjacent to an activating group) is 1. The molecule has 0 saturated carbocycles. The molecule has 2 rings (SSSR count). The van der Waals surface area contributed by atoms with E-state index in [4.69, 9.17) is 9.47 Å². The second-order valence-electron chi connectivity index (χ2n) is 7.47. The maximum absolute atomic E-state index is 11.7. The molecule has 0 aliphatic carbocycles. The molecule has 0 amide bonds. The number of hydrogen-bond donors (Lipinski definition) is 0. The van der Waals surface area contributed by atoms with Gasteiger partial charge in [-0.1, -0.05) is 20.8 Å². The van der Waals surface area contributed by atoms with E-state index in [1.807, 2.05) is 20.8 Å². The second kappa shape index (κ2) is 7.16. The van der Waals surface area contributed by atoms with Gasteiger partial charge in [0.25, 0.3) is 11.4 Å². The summed E-state index contributed by atoms with van der Waals surface area (Å²) >= 11 is 0. The van der Waals surface area contributed by atoms with Gasteiger partial charge < -0.3 is 14.4 Å². The summed E-state index contributed by atoms with van der Waals surface area (Å²) in [5.41, 5.74) is -0.513. The van der Waals surface area contributed by atoms with Gasteiger partial charge in [0, 0.05) is 18.7 Å². The highest BCUT2D eigenvalue weighted by molar-refractivity contribution is 5.76. The monoisotopic (exact) mass is 367 g/mol. The Labute approximate surface area is 152 Å². The summed E-state index contributed by atoms with van der Waals surface area (Å²) < 4.78 is 11.1. The van der Waals surface area contributed by atoms with Gasteiger partial charge in [0.1, 0.15) is 0 Å². The molecule has 1 aromatic carbocycles. The molecular formula is C17H25N3O6. The summed E-state index contributed by atoms with van der Waals surface area (Å²) in [6, 6.07) is 2.84. The largest absolute Gasteiger partial charge is 0.355 e. The van der Waals surface area contributed by atoms with Crippen LogP contribution in [0.1, 0.15) is 40.2 Å². The fourth-order valence-corrected chi connectivity index (χ4v) is 2.98. The number of nitrogens with zero attached hydrogens (tertiary/aromatic N) is 3. The van der Waals surface area contributed by atoms with Crippen LogP contribution >= 0.6 is 0 Å². The van der Waals surface area contributed by atoms with Crippen molar-refractivity contribution in [3.8, 4) is 0 Å². The van der Waals surface area contributed by atoms with E-state index < -0.39 is 21.0 Å². The fourth-order valence-electron chi connectivity index (χ4n) is 2.98. The van der Waals surface area contributed by atoms with Gasteiger partial charge in [0.2, 0.25) is 0 Å². The molecule has 1 aromatic rings. The van der Waals surface area contributed by atoms with Gasteiger partial charge in [-0.15, -0.1) is 0 Å². The van der Waals surface area contributed by atoms with E-state index in [0.29, 0.717) is 25.3 Å². The molecule has 1 aliphatic heterocycles. The highest BCUT2D eigenvalue weighted by Crippen LogP contribution is 2.42. The van der Waals surface area contributed by atoms with Crippen molar-refractivity contribution in [2.45, 2.75) is 45.8 Å². The average Bonchev–Trinajstić information content (AvgIpc) is 2.97. The maximum atomic E-state index is 11.7. The standard InChI is InChI=1S/C17H25N3O6/c1-6-18(11-17(5)25-7-8-26-17)15-13(19(21)22)9-12(16(2,3)4)10-14(15)20(23)24/h9-10H,6-8,11H2,1-5H3. The molecule has 1 saturated heterocycles. The molecule has 0 unspecified atom stereocenters. The smallest absolute Gasteiger partial charge is 0.299 e. The molecule has 1 aliphatic rings. The molecule has 0 aromatic heterocycles. The summed E-state index contributed by atoms with van der Waals surface area (Å²) in [5, 5.41) is 23.4. The zero-order valence-electron chi connectivity index (χ0n) is 15.8. The lowest BCUT2D eigenvalue weighted by Crippen LogP contribution is -2.42. The van der Waals surface area contributed by atoms with Gasteiger partial charge in [-0.05, 0) is 24.8 Å². The van der Waals surface area contributed by atoms with Gasteiger partial charge in [0.15, 0.2) is 11.5 Å². The van der Waals surface area contributed by atoms with E-state index >= 15 is 0 Å². The van der Waals surface area contributed by atoms with Gasteiger partial charge in [-0.3, -0.25) is 20.2 Å². The molecule has 0 atom stereocenters. The Balaban J connectivity index is 2.63. The third-order valence-electron chi connectivity index (χ3n) is 4.40. The van der Waals surface area contributed by atoms with Crippen molar-refractivity contribution in [2.24, 2.45) is 0 Å². The molecule has 0 radical (unpaired) electrons. The highest BCUT2D eigenvalue weighted by Gasteiger charge is 2.38. The van der Waals surface area contributed by atoms with Crippen molar-refractivity contribution in [3.63, 3.8) is 0 Å². The molecule has 1 fully saturated rings. The summed E-state index contributed by atoms with van der Waals surface area (Å²) in [4.78, 5) is 23.9. The third kappa shape index (κ3) is 4.10. The maximum Gasteiger partial charge on any atom is 0.299 e. The Morgan fingerprint density at radius 3 is 1.92 bits per heavy atom. The van der Waals surface area contributed by atoms with Crippen LogP contribution in [0, 0.1) is 20.2 Å². The van der Waals surface area contributed by atoms with Crippen LogP contribution < -0.4 is 4.90 Å². The zero-order chi connectivity index (χ0) is 19.7. The molecule has 9 nitrogen and oxygen atoms in total. The van der Waals surface area contributed by atoms with Crippen LogP contribution in [0.25, 0.3) is 0 Å². The Hall–Kier alpha value is -2.26. The lowest BCUT2D eigenvalue weighted by Gasteiger charge is -2.31. The minimum atomic E-state index is -0.958. The average molecular weight is 367 g/mol. The van der Waals surface area contributed by atoms with Gasteiger partial charge in [0.05, 0.1) is 29.6 Å². The summed E-state index contributed by atoms with van der Waals surface area (Å²) in [5.74, 6) is -0.958. The number of rotatable bonds is 6. The van der Waals surface area contributed by atoms with Crippen LogP contribution in [-0.4, -0.2) is 41.9 Å². The Morgan fingerprint density at radius 2 is 1.58 bits per heavy atom. The van der Waals surface area contributed by atoms with Gasteiger partial charge in [-0.2, -0.15) is 0 Å². The Morgan fingerprint density at radius 1 is 1.12 bits per heavy atom. The first kappa shape index (κ1) is 20.1. The number of nitro benzene ring substituents is 2. The summed E-state index contributed by atoms with van der Waals surface area (Å²) in [7, 11) is 0. The van der Waals surface area contributed by atoms with Crippen molar-refractivity contribution in [1.82, 2.24) is 0 Å². The number of ether oxygens (including phenoxy) is 2. The van der Waals surface area contributed by atoms with Crippen LogP contribution in [-0.2, 0) is 14.9 Å². The van der Waals surface area contributed by atoms with Crippen molar-refractivity contribution in [1.29, 1.82) is 0 Å². The first-order valence-electron chi connectivity index (χ1n) is 8.48. The van der Waals surface area contributed by atoms with E-state index in [-0.39, 0.29) is 23.6 Å². The number of hydrogen-bond acceptors (Lipinski definition) is 7. The molecule has 1 heterocycles. The lowest BCUT2D eigenvalue weighted by atomic mass is 9.86. The van der Waals surface area contributed by atoms with Crippen molar-refractivity contribution in [3.05, 3.63) is 37.9 Å². The van der Waals surface area contributed by atoms with Crippen LogP contribution in [0.2, 0.25) is 0 Å². The molecular weight excluding hydrogens is 342 g/mol. The Bertz CT molecular complexity index is 672. The summed E-state index contributed by atoms with van der Waals surface area (Å²) in [6.07, 6.45) is 0. The second-order valence-corrected chi connectivity index (χ2v) is 7.47. The van der Waals surface area contributed by atoms with Crippen LogP contribution in [0.4, 0.5) is 17.1 Å². The van der Waals surface area contributed by atoms with E-state index in [1.165, 1.54) is 12.1 Å².